The Balaban J connectivity index is 2.05. The van der Waals surface area contributed by atoms with E-state index in [-0.39, 0.29) is 0 Å². The lowest BCUT2D eigenvalue weighted by atomic mass is 10.2. The van der Waals surface area contributed by atoms with Gasteiger partial charge in [-0.1, -0.05) is 41.9 Å². The molecule has 0 spiro atoms. The Morgan fingerprint density at radius 3 is 2.24 bits per heavy atom. The predicted molar refractivity (Wildman–Crippen MR) is 73.9 cm³/mol. The van der Waals surface area contributed by atoms with Gasteiger partial charge >= 0.3 is 0 Å². The van der Waals surface area contributed by atoms with Crippen molar-refractivity contribution in [3.8, 4) is 5.75 Å². The molecule has 17 heavy (non-hydrogen) atoms. The van der Waals surface area contributed by atoms with E-state index in [1.54, 1.807) is 11.8 Å². The molecule has 0 saturated heterocycles. The third-order valence-corrected chi connectivity index (χ3v) is 3.45. The minimum absolute atomic E-state index is 0.448. The maximum absolute atomic E-state index is 6.19. The van der Waals surface area contributed by atoms with Crippen molar-refractivity contribution in [2.75, 3.05) is 6.26 Å². The first-order chi connectivity index (χ1) is 8.29. The Hall–Kier alpha value is -1.12. The van der Waals surface area contributed by atoms with Crippen LogP contribution >= 0.6 is 23.4 Å². The molecule has 0 bridgehead atoms. The van der Waals surface area contributed by atoms with Crippen molar-refractivity contribution in [1.82, 2.24) is 0 Å². The fourth-order valence-electron chi connectivity index (χ4n) is 1.45. The lowest BCUT2D eigenvalue weighted by molar-refractivity contribution is 0.288. The number of alkyl halides is 1. The summed E-state index contributed by atoms with van der Waals surface area (Å²) in [7, 11) is 0. The highest BCUT2D eigenvalue weighted by Crippen LogP contribution is 2.26. The smallest absolute Gasteiger partial charge is 0.197 e. The van der Waals surface area contributed by atoms with E-state index >= 15 is 0 Å². The van der Waals surface area contributed by atoms with Gasteiger partial charge in [-0.15, -0.1) is 11.8 Å². The Morgan fingerprint density at radius 2 is 1.65 bits per heavy atom. The van der Waals surface area contributed by atoms with Crippen LogP contribution in [-0.4, -0.2) is 6.26 Å². The summed E-state index contributed by atoms with van der Waals surface area (Å²) in [6.07, 6.45) is 2.05. The fourth-order valence-corrected chi connectivity index (χ4v) is 2.10. The second-order valence-electron chi connectivity index (χ2n) is 3.52. The van der Waals surface area contributed by atoms with Crippen molar-refractivity contribution < 1.29 is 4.74 Å². The number of halogens is 1. The highest BCUT2D eigenvalue weighted by molar-refractivity contribution is 7.98. The normalized spacial score (nSPS) is 12.1. The molecule has 1 unspecified atom stereocenters. The molecule has 0 aromatic heterocycles. The molecule has 0 radical (unpaired) electrons. The zero-order chi connectivity index (χ0) is 12.1. The average Bonchev–Trinajstić information content (AvgIpc) is 2.40. The predicted octanol–water partition coefficient (Wildman–Crippen LogP) is 4.72. The van der Waals surface area contributed by atoms with Gasteiger partial charge < -0.3 is 4.74 Å². The molecule has 0 fully saturated rings. The molecule has 2 rings (SSSR count). The molecule has 88 valence electrons. The number of thioether (sulfide) groups is 1. The molecule has 0 amide bonds. The van der Waals surface area contributed by atoms with E-state index in [9.17, 15) is 0 Å². The summed E-state index contributed by atoms with van der Waals surface area (Å²) in [4.78, 5) is 1.21. The molecular formula is C14H13ClOS. The van der Waals surface area contributed by atoms with Crippen LogP contribution in [0.1, 0.15) is 11.1 Å². The molecule has 0 aliphatic rings. The molecule has 0 aliphatic carbocycles. The summed E-state index contributed by atoms with van der Waals surface area (Å²) in [5, 5.41) is 0. The Bertz CT molecular complexity index is 455. The lowest BCUT2D eigenvalue weighted by Crippen LogP contribution is -1.99. The van der Waals surface area contributed by atoms with Crippen LogP contribution in [0.15, 0.2) is 59.5 Å². The number of hydrogen-bond donors (Lipinski definition) is 0. The summed E-state index contributed by atoms with van der Waals surface area (Å²) in [6.45, 7) is 0. The Kier molecular flexibility index (Phi) is 4.35. The molecule has 0 saturated carbocycles. The lowest BCUT2D eigenvalue weighted by Gasteiger charge is -2.13. The van der Waals surface area contributed by atoms with E-state index in [0.717, 1.165) is 11.3 Å². The van der Waals surface area contributed by atoms with Crippen molar-refractivity contribution in [3.05, 3.63) is 60.2 Å². The highest BCUT2D eigenvalue weighted by Gasteiger charge is 2.08. The maximum atomic E-state index is 6.19. The minimum atomic E-state index is -0.448. The molecule has 1 nitrogen and oxygen atoms in total. The van der Waals surface area contributed by atoms with Crippen LogP contribution in [0.5, 0.6) is 5.75 Å². The average molecular weight is 265 g/mol. The zero-order valence-electron chi connectivity index (χ0n) is 9.47. The number of hydrogen-bond acceptors (Lipinski definition) is 2. The van der Waals surface area contributed by atoms with Gasteiger partial charge in [0.15, 0.2) is 5.56 Å². The van der Waals surface area contributed by atoms with Gasteiger partial charge in [-0.05, 0) is 30.5 Å². The number of ether oxygens (including phenoxy) is 1. The first kappa shape index (κ1) is 12.3. The summed E-state index contributed by atoms with van der Waals surface area (Å²) >= 11 is 7.89. The third-order valence-electron chi connectivity index (χ3n) is 2.36. The van der Waals surface area contributed by atoms with Crippen LogP contribution in [0.3, 0.4) is 0 Å². The van der Waals surface area contributed by atoms with E-state index in [1.807, 2.05) is 60.9 Å². The van der Waals surface area contributed by atoms with Crippen molar-refractivity contribution in [2.45, 2.75) is 10.5 Å². The second-order valence-corrected chi connectivity index (χ2v) is 4.80. The number of benzene rings is 2. The quantitative estimate of drug-likeness (QED) is 0.583. The summed E-state index contributed by atoms with van der Waals surface area (Å²) in [5.74, 6) is 0.784. The van der Waals surface area contributed by atoms with E-state index in [4.69, 9.17) is 16.3 Å². The van der Waals surface area contributed by atoms with Gasteiger partial charge in [0.1, 0.15) is 5.75 Å². The largest absolute Gasteiger partial charge is 0.470 e. The van der Waals surface area contributed by atoms with Crippen LogP contribution in [0.25, 0.3) is 0 Å². The van der Waals surface area contributed by atoms with Crippen LogP contribution in [-0.2, 0) is 0 Å². The van der Waals surface area contributed by atoms with Gasteiger partial charge in [0.25, 0.3) is 0 Å². The van der Waals surface area contributed by atoms with Crippen molar-refractivity contribution in [1.29, 1.82) is 0 Å². The minimum Gasteiger partial charge on any atom is -0.470 e. The Morgan fingerprint density at radius 1 is 1.00 bits per heavy atom. The molecule has 3 heteroatoms. The third kappa shape index (κ3) is 3.42. The van der Waals surface area contributed by atoms with Gasteiger partial charge in [0, 0.05) is 10.5 Å². The van der Waals surface area contributed by atoms with Crippen LogP contribution in [0.4, 0.5) is 0 Å². The first-order valence-electron chi connectivity index (χ1n) is 5.29. The van der Waals surface area contributed by atoms with Gasteiger partial charge in [-0.3, -0.25) is 0 Å². The van der Waals surface area contributed by atoms with Crippen molar-refractivity contribution >= 4 is 23.4 Å². The molecule has 0 heterocycles. The molecule has 2 aromatic rings. The fraction of sp³-hybridized carbons (Fsp3) is 0.143. The highest BCUT2D eigenvalue weighted by atomic mass is 35.5. The summed E-state index contributed by atoms with van der Waals surface area (Å²) < 4.78 is 5.66. The zero-order valence-corrected chi connectivity index (χ0v) is 11.0. The SMILES string of the molecule is CSc1ccc(OC(Cl)c2ccccc2)cc1. The molecule has 0 aliphatic heterocycles. The standard InChI is InChI=1S/C14H13ClOS/c1-17-13-9-7-12(8-10-13)16-14(15)11-5-3-2-4-6-11/h2-10,14H,1H3. The molecular weight excluding hydrogens is 252 g/mol. The summed E-state index contributed by atoms with van der Waals surface area (Å²) in [6, 6.07) is 17.7. The van der Waals surface area contributed by atoms with E-state index < -0.39 is 5.56 Å². The second kappa shape index (κ2) is 5.99. The van der Waals surface area contributed by atoms with Gasteiger partial charge in [-0.2, -0.15) is 0 Å². The Labute approximate surface area is 111 Å². The van der Waals surface area contributed by atoms with E-state index in [2.05, 4.69) is 0 Å². The molecule has 0 N–H and O–H groups in total. The van der Waals surface area contributed by atoms with Gasteiger partial charge in [-0.25, -0.2) is 0 Å². The molecule has 1 atom stereocenters. The van der Waals surface area contributed by atoms with Crippen molar-refractivity contribution in [3.63, 3.8) is 0 Å². The van der Waals surface area contributed by atoms with Crippen molar-refractivity contribution in [2.24, 2.45) is 0 Å². The van der Waals surface area contributed by atoms with Gasteiger partial charge in [0.2, 0.25) is 0 Å². The van der Waals surface area contributed by atoms with Crippen LogP contribution in [0, 0.1) is 0 Å². The van der Waals surface area contributed by atoms with E-state index in [1.165, 1.54) is 4.90 Å². The molecule has 2 aromatic carbocycles. The summed E-state index contributed by atoms with van der Waals surface area (Å²) in [5.41, 5.74) is 0.513. The van der Waals surface area contributed by atoms with E-state index in [0.29, 0.717) is 0 Å². The van der Waals surface area contributed by atoms with Crippen LogP contribution < -0.4 is 4.74 Å². The monoisotopic (exact) mass is 264 g/mol. The topological polar surface area (TPSA) is 9.23 Å². The maximum Gasteiger partial charge on any atom is 0.197 e. The van der Waals surface area contributed by atoms with Crippen LogP contribution in [0.2, 0.25) is 0 Å². The first-order valence-corrected chi connectivity index (χ1v) is 6.95. The van der Waals surface area contributed by atoms with Gasteiger partial charge in [0.05, 0.1) is 0 Å². The number of rotatable bonds is 4.